The quantitative estimate of drug-likeness (QED) is 0.738. The highest BCUT2D eigenvalue weighted by molar-refractivity contribution is 6.04. The minimum Gasteiger partial charge on any atom is -0.459 e. The summed E-state index contributed by atoms with van der Waals surface area (Å²) in [5.41, 5.74) is 1.46. The Morgan fingerprint density at radius 1 is 1.14 bits per heavy atom. The molecule has 0 radical (unpaired) electrons. The highest BCUT2D eigenvalue weighted by Crippen LogP contribution is 2.20. The lowest BCUT2D eigenvalue weighted by molar-refractivity contribution is 0.0958. The fourth-order valence-corrected chi connectivity index (χ4v) is 2.11. The molecule has 0 saturated heterocycles. The lowest BCUT2D eigenvalue weighted by atomic mass is 10.2. The molecule has 22 heavy (non-hydrogen) atoms. The number of carbonyl (C=O) groups excluding carboxylic acids is 1. The van der Waals surface area contributed by atoms with Crippen LogP contribution in [0.1, 0.15) is 16.1 Å². The van der Waals surface area contributed by atoms with Crippen LogP contribution in [-0.2, 0) is 6.54 Å². The maximum atomic E-state index is 13.1. The van der Waals surface area contributed by atoms with E-state index in [9.17, 15) is 9.18 Å². The first-order chi connectivity index (χ1) is 10.7. The molecular weight excluding hydrogens is 283 g/mol. The molecule has 0 fully saturated rings. The number of hydrogen-bond acceptors (Lipinski definition) is 3. The second-order valence-corrected chi connectivity index (χ2v) is 4.71. The van der Waals surface area contributed by atoms with Crippen LogP contribution in [0.2, 0.25) is 0 Å². The van der Waals surface area contributed by atoms with Gasteiger partial charge in [-0.2, -0.15) is 0 Å². The van der Waals surface area contributed by atoms with Crippen molar-refractivity contribution in [1.29, 1.82) is 0 Å². The second-order valence-electron chi connectivity index (χ2n) is 4.71. The summed E-state index contributed by atoms with van der Waals surface area (Å²) in [5, 5.41) is 0. The highest BCUT2D eigenvalue weighted by atomic mass is 19.1. The van der Waals surface area contributed by atoms with Gasteiger partial charge in [0.05, 0.1) is 12.8 Å². The Morgan fingerprint density at radius 2 is 1.95 bits per heavy atom. The molecule has 0 N–H and O–H groups in total. The number of pyridine rings is 1. The average molecular weight is 296 g/mol. The summed E-state index contributed by atoms with van der Waals surface area (Å²) in [6.45, 7) is 0.318. The Balaban J connectivity index is 1.94. The van der Waals surface area contributed by atoms with Gasteiger partial charge in [0.2, 0.25) is 0 Å². The third-order valence-electron chi connectivity index (χ3n) is 3.18. The Labute approximate surface area is 126 Å². The van der Waals surface area contributed by atoms with E-state index >= 15 is 0 Å². The molecule has 3 rings (SSSR count). The molecule has 0 bridgehead atoms. The van der Waals surface area contributed by atoms with E-state index in [-0.39, 0.29) is 17.5 Å². The zero-order valence-electron chi connectivity index (χ0n) is 11.6. The normalized spacial score (nSPS) is 10.4. The maximum absolute atomic E-state index is 13.1. The number of furan rings is 1. The molecule has 4 nitrogen and oxygen atoms in total. The Morgan fingerprint density at radius 3 is 2.59 bits per heavy atom. The van der Waals surface area contributed by atoms with Gasteiger partial charge >= 0.3 is 0 Å². The summed E-state index contributed by atoms with van der Waals surface area (Å²) in [4.78, 5) is 18.2. The molecular formula is C17H13FN2O2. The molecule has 0 atom stereocenters. The molecule has 0 saturated carbocycles. The molecule has 1 aromatic carbocycles. The third-order valence-corrected chi connectivity index (χ3v) is 3.18. The van der Waals surface area contributed by atoms with Gasteiger partial charge < -0.3 is 9.32 Å². The fraction of sp³-hybridized carbons (Fsp3) is 0.0588. The van der Waals surface area contributed by atoms with Crippen LogP contribution in [0.25, 0.3) is 0 Å². The van der Waals surface area contributed by atoms with E-state index in [1.165, 1.54) is 23.3 Å². The summed E-state index contributed by atoms with van der Waals surface area (Å²) in [6.07, 6.45) is 4.80. The molecule has 2 heterocycles. The fourth-order valence-electron chi connectivity index (χ4n) is 2.11. The van der Waals surface area contributed by atoms with Gasteiger partial charge in [-0.1, -0.05) is 6.07 Å². The molecule has 0 aliphatic carbocycles. The molecule has 0 spiro atoms. The standard InChI is InChI=1S/C17H13FN2O2/c18-14-5-7-15(8-6-14)20(12-13-3-1-9-19-11-13)17(21)16-4-2-10-22-16/h1-11H,12H2. The molecule has 110 valence electrons. The Bertz CT molecular complexity index is 740. The molecule has 0 unspecified atom stereocenters. The van der Waals surface area contributed by atoms with E-state index in [0.717, 1.165) is 5.56 Å². The van der Waals surface area contributed by atoms with Crippen LogP contribution in [0.15, 0.2) is 71.6 Å². The van der Waals surface area contributed by atoms with Gasteiger partial charge in [-0.15, -0.1) is 0 Å². The zero-order valence-corrected chi connectivity index (χ0v) is 11.6. The van der Waals surface area contributed by atoms with Crippen LogP contribution in [0.3, 0.4) is 0 Å². The third kappa shape index (κ3) is 3.03. The maximum Gasteiger partial charge on any atom is 0.294 e. The molecule has 2 aromatic heterocycles. The topological polar surface area (TPSA) is 46.3 Å². The van der Waals surface area contributed by atoms with Crippen LogP contribution >= 0.6 is 0 Å². The first-order valence-electron chi connectivity index (χ1n) is 6.74. The van der Waals surface area contributed by atoms with Crippen LogP contribution in [0.4, 0.5) is 10.1 Å². The first kappa shape index (κ1) is 14.0. The van der Waals surface area contributed by atoms with Crippen molar-refractivity contribution in [3.8, 4) is 0 Å². The van der Waals surface area contributed by atoms with E-state index in [0.29, 0.717) is 12.2 Å². The van der Waals surface area contributed by atoms with Gasteiger partial charge in [0.15, 0.2) is 5.76 Å². The van der Waals surface area contributed by atoms with Crippen molar-refractivity contribution in [2.75, 3.05) is 4.90 Å². The van der Waals surface area contributed by atoms with Crippen molar-refractivity contribution in [1.82, 2.24) is 4.98 Å². The number of hydrogen-bond donors (Lipinski definition) is 0. The van der Waals surface area contributed by atoms with Gasteiger partial charge in [-0.3, -0.25) is 9.78 Å². The van der Waals surface area contributed by atoms with Crippen molar-refractivity contribution in [2.24, 2.45) is 0 Å². The monoisotopic (exact) mass is 296 g/mol. The number of benzene rings is 1. The number of halogens is 1. The predicted octanol–water partition coefficient (Wildman–Crippen LogP) is 3.66. The van der Waals surface area contributed by atoms with Crippen LogP contribution < -0.4 is 4.90 Å². The van der Waals surface area contributed by atoms with Crippen molar-refractivity contribution < 1.29 is 13.6 Å². The summed E-state index contributed by atoms with van der Waals surface area (Å²) in [6, 6.07) is 12.7. The summed E-state index contributed by atoms with van der Waals surface area (Å²) in [7, 11) is 0. The largest absolute Gasteiger partial charge is 0.459 e. The van der Waals surface area contributed by atoms with E-state index < -0.39 is 0 Å². The van der Waals surface area contributed by atoms with E-state index in [1.54, 1.807) is 42.7 Å². The molecule has 1 amide bonds. The van der Waals surface area contributed by atoms with Crippen LogP contribution in [0, 0.1) is 5.82 Å². The van der Waals surface area contributed by atoms with Crippen LogP contribution in [-0.4, -0.2) is 10.9 Å². The van der Waals surface area contributed by atoms with Gasteiger partial charge in [-0.05, 0) is 48.0 Å². The van der Waals surface area contributed by atoms with Crippen molar-refractivity contribution in [3.63, 3.8) is 0 Å². The van der Waals surface area contributed by atoms with Crippen LogP contribution in [0.5, 0.6) is 0 Å². The molecule has 0 aliphatic heterocycles. The Hall–Kier alpha value is -2.95. The number of nitrogens with zero attached hydrogens (tertiary/aromatic N) is 2. The number of amides is 1. The first-order valence-corrected chi connectivity index (χ1v) is 6.74. The van der Waals surface area contributed by atoms with Gasteiger partial charge in [0.1, 0.15) is 5.82 Å². The average Bonchev–Trinajstić information content (AvgIpc) is 3.08. The highest BCUT2D eigenvalue weighted by Gasteiger charge is 2.20. The van der Waals surface area contributed by atoms with E-state index in [2.05, 4.69) is 4.98 Å². The molecule has 3 aromatic rings. The van der Waals surface area contributed by atoms with E-state index in [1.807, 2.05) is 6.07 Å². The summed E-state index contributed by atoms with van der Waals surface area (Å²) < 4.78 is 18.3. The van der Waals surface area contributed by atoms with Gasteiger partial charge in [0.25, 0.3) is 5.91 Å². The number of carbonyl (C=O) groups is 1. The number of rotatable bonds is 4. The smallest absolute Gasteiger partial charge is 0.294 e. The lowest BCUT2D eigenvalue weighted by Gasteiger charge is -2.21. The Kier molecular flexibility index (Phi) is 3.96. The minimum atomic E-state index is -0.351. The van der Waals surface area contributed by atoms with Crippen molar-refractivity contribution in [3.05, 3.63) is 84.3 Å². The predicted molar refractivity (Wildman–Crippen MR) is 79.9 cm³/mol. The van der Waals surface area contributed by atoms with E-state index in [4.69, 9.17) is 4.42 Å². The van der Waals surface area contributed by atoms with Crippen molar-refractivity contribution >= 4 is 11.6 Å². The van der Waals surface area contributed by atoms with Crippen molar-refractivity contribution in [2.45, 2.75) is 6.54 Å². The SMILES string of the molecule is O=C(c1ccco1)N(Cc1cccnc1)c1ccc(F)cc1. The molecule has 0 aliphatic rings. The number of anilines is 1. The zero-order chi connectivity index (χ0) is 15.4. The van der Waals surface area contributed by atoms with Gasteiger partial charge in [-0.25, -0.2) is 4.39 Å². The minimum absolute atomic E-state index is 0.230. The second kappa shape index (κ2) is 6.22. The lowest BCUT2D eigenvalue weighted by Crippen LogP contribution is -2.30. The van der Waals surface area contributed by atoms with Gasteiger partial charge in [0, 0.05) is 18.1 Å². The number of aromatic nitrogens is 1. The summed E-state index contributed by atoms with van der Waals surface area (Å²) in [5.74, 6) is -0.413. The molecule has 5 heteroatoms. The summed E-state index contributed by atoms with van der Waals surface area (Å²) >= 11 is 0.